The molecule has 0 spiro atoms. The first-order valence-electron chi connectivity index (χ1n) is 7.31. The maximum atomic E-state index is 12.6. The molecule has 0 aliphatic carbocycles. The largest absolute Gasteiger partial charge is 0.433 e. The molecule has 2 rings (SSSR count). The van der Waals surface area contributed by atoms with Gasteiger partial charge in [0.1, 0.15) is 5.69 Å². The molecular formula is C14H17F3N4O2. The van der Waals surface area contributed by atoms with Crippen LogP contribution in [-0.4, -0.2) is 27.3 Å². The summed E-state index contributed by atoms with van der Waals surface area (Å²) in [6.07, 6.45) is -0.788. The van der Waals surface area contributed by atoms with Crippen molar-refractivity contribution in [2.45, 2.75) is 38.8 Å². The van der Waals surface area contributed by atoms with Gasteiger partial charge in [-0.3, -0.25) is 9.89 Å². The number of nitrogens with one attached hydrogen (secondary N) is 2. The Labute approximate surface area is 129 Å². The molecule has 23 heavy (non-hydrogen) atoms. The minimum atomic E-state index is -4.62. The lowest BCUT2D eigenvalue weighted by molar-refractivity contribution is -0.141. The van der Waals surface area contributed by atoms with Crippen molar-refractivity contribution in [3.8, 4) is 0 Å². The molecular weight excluding hydrogens is 313 g/mol. The number of H-pyrrole nitrogens is 1. The Morgan fingerprint density at radius 3 is 2.70 bits per heavy atom. The molecule has 126 valence electrons. The minimum absolute atomic E-state index is 0.0702. The molecule has 0 atom stereocenters. The minimum Gasteiger partial charge on any atom is -0.336 e. The van der Waals surface area contributed by atoms with Gasteiger partial charge < -0.3 is 5.32 Å². The van der Waals surface area contributed by atoms with Crippen molar-refractivity contribution in [1.29, 1.82) is 0 Å². The van der Waals surface area contributed by atoms with Crippen LogP contribution in [0.3, 0.4) is 0 Å². The smallest absolute Gasteiger partial charge is 0.336 e. The molecule has 0 unspecified atom stereocenters. The van der Waals surface area contributed by atoms with E-state index in [0.717, 1.165) is 31.7 Å². The van der Waals surface area contributed by atoms with Crippen LogP contribution in [-0.2, 0) is 6.18 Å². The second-order valence-electron chi connectivity index (χ2n) is 5.14. The summed E-state index contributed by atoms with van der Waals surface area (Å²) in [5.74, 6) is 0. The van der Waals surface area contributed by atoms with Crippen molar-refractivity contribution in [2.24, 2.45) is 0 Å². The highest BCUT2D eigenvalue weighted by molar-refractivity contribution is 5.82. The number of amides is 1. The van der Waals surface area contributed by atoms with Gasteiger partial charge >= 0.3 is 12.2 Å². The lowest BCUT2D eigenvalue weighted by Crippen LogP contribution is -2.35. The van der Waals surface area contributed by atoms with Crippen LogP contribution >= 0.6 is 0 Å². The predicted molar refractivity (Wildman–Crippen MR) is 78.3 cm³/mol. The third-order valence-electron chi connectivity index (χ3n) is 3.35. The molecule has 0 bridgehead atoms. The van der Waals surface area contributed by atoms with Crippen molar-refractivity contribution < 1.29 is 18.0 Å². The van der Waals surface area contributed by atoms with Crippen LogP contribution in [0.25, 0.3) is 11.0 Å². The number of rotatable bonds is 5. The van der Waals surface area contributed by atoms with Crippen LogP contribution in [0.4, 0.5) is 18.0 Å². The Balaban J connectivity index is 2.16. The van der Waals surface area contributed by atoms with E-state index in [4.69, 9.17) is 0 Å². The number of aromatic nitrogens is 3. The first-order chi connectivity index (χ1) is 10.8. The van der Waals surface area contributed by atoms with Crippen molar-refractivity contribution in [1.82, 2.24) is 20.1 Å². The zero-order valence-corrected chi connectivity index (χ0v) is 12.5. The fourth-order valence-electron chi connectivity index (χ4n) is 2.12. The molecule has 9 heteroatoms. The van der Waals surface area contributed by atoms with Gasteiger partial charge in [-0.15, -0.1) is 0 Å². The predicted octanol–water partition coefficient (Wildman–Crippen LogP) is 2.88. The molecule has 0 radical (unpaired) electrons. The zero-order valence-electron chi connectivity index (χ0n) is 12.5. The lowest BCUT2D eigenvalue weighted by atomic mass is 10.2. The average Bonchev–Trinajstić information content (AvgIpc) is 2.83. The lowest BCUT2D eigenvalue weighted by Gasteiger charge is -2.04. The van der Waals surface area contributed by atoms with Gasteiger partial charge in [0.2, 0.25) is 0 Å². The van der Waals surface area contributed by atoms with Crippen molar-refractivity contribution in [3.05, 3.63) is 28.2 Å². The summed E-state index contributed by atoms with van der Waals surface area (Å²) in [7, 11) is 0. The molecule has 0 fully saturated rings. The second-order valence-corrected chi connectivity index (χ2v) is 5.14. The molecule has 0 saturated heterocycles. The fourth-order valence-corrected chi connectivity index (χ4v) is 2.12. The van der Waals surface area contributed by atoms with E-state index >= 15 is 0 Å². The van der Waals surface area contributed by atoms with Gasteiger partial charge in [0.15, 0.2) is 5.65 Å². The molecule has 2 heterocycles. The monoisotopic (exact) mass is 330 g/mol. The molecule has 1 amide bonds. The van der Waals surface area contributed by atoms with E-state index in [1.165, 1.54) is 0 Å². The van der Waals surface area contributed by atoms with Crippen LogP contribution in [0.5, 0.6) is 0 Å². The summed E-state index contributed by atoms with van der Waals surface area (Å²) in [5, 5.41) is 4.79. The van der Waals surface area contributed by atoms with Gasteiger partial charge in [-0.1, -0.05) is 26.2 Å². The van der Waals surface area contributed by atoms with Gasteiger partial charge in [0, 0.05) is 6.54 Å². The highest BCUT2D eigenvalue weighted by Gasteiger charge is 2.33. The van der Waals surface area contributed by atoms with E-state index in [0.29, 0.717) is 17.3 Å². The Bertz CT molecular complexity index is 749. The summed E-state index contributed by atoms with van der Waals surface area (Å²) in [5.41, 5.74) is -2.13. The molecule has 0 aliphatic heterocycles. The van der Waals surface area contributed by atoms with Gasteiger partial charge in [0.05, 0.1) is 5.39 Å². The van der Waals surface area contributed by atoms with Crippen molar-refractivity contribution >= 4 is 17.1 Å². The maximum absolute atomic E-state index is 12.6. The molecule has 2 aromatic rings. The van der Waals surface area contributed by atoms with E-state index in [9.17, 15) is 22.8 Å². The summed E-state index contributed by atoms with van der Waals surface area (Å²) >= 11 is 0. The fraction of sp³-hybridized carbons (Fsp3) is 0.500. The number of carbonyl (C=O) groups is 1. The topological polar surface area (TPSA) is 79.8 Å². The SMILES string of the molecule is CCCCCCNC(=O)n1[nH]c2nc(C(F)(F)F)ccc2c1=O. The Hall–Kier alpha value is -2.32. The number of fused-ring (bicyclic) bond motifs is 1. The number of pyridine rings is 1. The summed E-state index contributed by atoms with van der Waals surface area (Å²) in [6, 6.07) is 1.01. The maximum Gasteiger partial charge on any atom is 0.433 e. The Kier molecular flexibility index (Phi) is 5.07. The number of carbonyl (C=O) groups excluding carboxylic acids is 1. The number of hydrogen-bond acceptors (Lipinski definition) is 3. The summed E-state index contributed by atoms with van der Waals surface area (Å²) in [4.78, 5) is 27.3. The van der Waals surface area contributed by atoms with Crippen molar-refractivity contribution in [2.75, 3.05) is 6.54 Å². The molecule has 0 aliphatic rings. The van der Waals surface area contributed by atoms with Gasteiger partial charge in [-0.2, -0.15) is 17.9 Å². The van der Waals surface area contributed by atoms with E-state index in [-0.39, 0.29) is 11.0 Å². The second kappa shape index (κ2) is 6.84. The number of alkyl halides is 3. The summed E-state index contributed by atoms with van der Waals surface area (Å²) < 4.78 is 38.5. The van der Waals surface area contributed by atoms with E-state index < -0.39 is 23.5 Å². The molecule has 0 aromatic carbocycles. The van der Waals surface area contributed by atoms with E-state index in [1.807, 2.05) is 0 Å². The summed E-state index contributed by atoms with van der Waals surface area (Å²) in [6.45, 7) is 2.45. The Morgan fingerprint density at radius 2 is 2.04 bits per heavy atom. The normalized spacial score (nSPS) is 11.8. The first-order valence-corrected chi connectivity index (χ1v) is 7.31. The molecule has 0 saturated carbocycles. The highest BCUT2D eigenvalue weighted by atomic mass is 19.4. The molecule has 6 nitrogen and oxygen atoms in total. The van der Waals surface area contributed by atoms with Gasteiger partial charge in [-0.05, 0) is 18.6 Å². The highest BCUT2D eigenvalue weighted by Crippen LogP contribution is 2.28. The van der Waals surface area contributed by atoms with Crippen LogP contribution < -0.4 is 10.9 Å². The standard InChI is InChI=1S/C14H17F3N4O2/c1-2-3-4-5-8-18-13(23)21-12(22)9-6-7-10(14(15,16)17)19-11(9)20-21/h6-7H,2-5,8H2,1H3,(H,18,23)(H,19,20). The number of aromatic amines is 1. The third-order valence-corrected chi connectivity index (χ3v) is 3.35. The van der Waals surface area contributed by atoms with Crippen LogP contribution in [0, 0.1) is 0 Å². The Morgan fingerprint density at radius 1 is 1.30 bits per heavy atom. The average molecular weight is 330 g/mol. The number of nitrogens with zero attached hydrogens (tertiary/aromatic N) is 2. The number of unbranched alkanes of at least 4 members (excludes halogenated alkanes) is 3. The van der Waals surface area contributed by atoms with Crippen LogP contribution in [0.1, 0.15) is 38.3 Å². The first kappa shape index (κ1) is 17.0. The molecule has 2 aromatic heterocycles. The van der Waals surface area contributed by atoms with Gasteiger partial charge in [0.25, 0.3) is 5.56 Å². The van der Waals surface area contributed by atoms with E-state index in [2.05, 4.69) is 22.3 Å². The molecule has 2 N–H and O–H groups in total. The van der Waals surface area contributed by atoms with Crippen molar-refractivity contribution in [3.63, 3.8) is 0 Å². The van der Waals surface area contributed by atoms with Crippen LogP contribution in [0.2, 0.25) is 0 Å². The van der Waals surface area contributed by atoms with Gasteiger partial charge in [-0.25, -0.2) is 9.78 Å². The zero-order chi connectivity index (χ0) is 17.0. The quantitative estimate of drug-likeness (QED) is 0.827. The van der Waals surface area contributed by atoms with E-state index in [1.54, 1.807) is 0 Å². The third kappa shape index (κ3) is 3.91. The number of halogens is 3. The number of hydrogen-bond donors (Lipinski definition) is 2. The van der Waals surface area contributed by atoms with Crippen LogP contribution in [0.15, 0.2) is 16.9 Å².